The summed E-state index contributed by atoms with van der Waals surface area (Å²) in [4.78, 5) is 2.68. The number of hydrogen-bond acceptors (Lipinski definition) is 3. The summed E-state index contributed by atoms with van der Waals surface area (Å²) < 4.78 is 5.70. The van der Waals surface area contributed by atoms with E-state index in [1.165, 1.54) is 32.4 Å². The van der Waals surface area contributed by atoms with E-state index in [1.54, 1.807) is 0 Å². The molecular formula is C15H30N2O. The molecule has 0 aromatic carbocycles. The monoisotopic (exact) mass is 254 g/mol. The van der Waals surface area contributed by atoms with Gasteiger partial charge in [-0.3, -0.25) is 4.90 Å². The van der Waals surface area contributed by atoms with Gasteiger partial charge in [-0.2, -0.15) is 0 Å². The molecule has 0 aromatic rings. The highest BCUT2D eigenvalue weighted by atomic mass is 16.5. The minimum Gasteiger partial charge on any atom is -0.381 e. The lowest BCUT2D eigenvalue weighted by atomic mass is 9.85. The summed E-state index contributed by atoms with van der Waals surface area (Å²) in [6.07, 6.45) is 3.89. The molecule has 3 heteroatoms. The number of likely N-dealkylation sites (tertiary alicyclic amines) is 1. The van der Waals surface area contributed by atoms with E-state index in [0.29, 0.717) is 17.0 Å². The number of nitrogens with one attached hydrogen (secondary N) is 1. The van der Waals surface area contributed by atoms with E-state index in [1.807, 2.05) is 0 Å². The number of hydrogen-bond donors (Lipinski definition) is 1. The molecule has 2 saturated heterocycles. The van der Waals surface area contributed by atoms with Crippen molar-refractivity contribution in [2.75, 3.05) is 32.8 Å². The van der Waals surface area contributed by atoms with E-state index in [0.717, 1.165) is 19.8 Å². The van der Waals surface area contributed by atoms with Crippen molar-refractivity contribution in [2.24, 2.45) is 5.41 Å². The van der Waals surface area contributed by atoms with E-state index < -0.39 is 0 Å². The third-order valence-electron chi connectivity index (χ3n) is 4.67. The Morgan fingerprint density at radius 2 is 2.06 bits per heavy atom. The Bertz CT molecular complexity index is 270. The van der Waals surface area contributed by atoms with Crippen LogP contribution in [0, 0.1) is 5.41 Å². The molecule has 3 nitrogen and oxygen atoms in total. The Morgan fingerprint density at radius 1 is 1.28 bits per heavy atom. The van der Waals surface area contributed by atoms with Crippen LogP contribution < -0.4 is 5.32 Å². The Morgan fingerprint density at radius 3 is 2.56 bits per heavy atom. The van der Waals surface area contributed by atoms with Gasteiger partial charge >= 0.3 is 0 Å². The van der Waals surface area contributed by atoms with Gasteiger partial charge in [0.2, 0.25) is 0 Å². The average Bonchev–Trinajstić information content (AvgIpc) is 2.86. The molecule has 106 valence electrons. The first-order chi connectivity index (χ1) is 8.44. The minimum absolute atomic E-state index is 0.339. The Labute approximate surface area is 112 Å². The van der Waals surface area contributed by atoms with Crippen LogP contribution in [0.15, 0.2) is 0 Å². The SMILES string of the molecule is CC(C)NCC1(CN2CCCC2(C)C)CCOC1. The fourth-order valence-corrected chi connectivity index (χ4v) is 3.25. The van der Waals surface area contributed by atoms with Gasteiger partial charge in [0.1, 0.15) is 0 Å². The third kappa shape index (κ3) is 3.25. The van der Waals surface area contributed by atoms with Gasteiger partial charge < -0.3 is 10.1 Å². The van der Waals surface area contributed by atoms with Crippen LogP contribution in [-0.2, 0) is 4.74 Å². The first-order valence-corrected chi connectivity index (χ1v) is 7.50. The molecule has 0 spiro atoms. The molecule has 1 atom stereocenters. The first-order valence-electron chi connectivity index (χ1n) is 7.50. The fraction of sp³-hybridized carbons (Fsp3) is 1.00. The van der Waals surface area contributed by atoms with Crippen molar-refractivity contribution in [2.45, 2.75) is 58.5 Å². The van der Waals surface area contributed by atoms with Gasteiger partial charge in [0.15, 0.2) is 0 Å². The molecule has 2 aliphatic rings. The fourth-order valence-electron chi connectivity index (χ4n) is 3.25. The van der Waals surface area contributed by atoms with E-state index in [2.05, 4.69) is 37.9 Å². The molecule has 2 heterocycles. The zero-order valence-electron chi connectivity index (χ0n) is 12.6. The second-order valence-electron chi connectivity index (χ2n) is 7.18. The van der Waals surface area contributed by atoms with Crippen LogP contribution in [0.3, 0.4) is 0 Å². The predicted octanol–water partition coefficient (Wildman–Crippen LogP) is 2.27. The summed E-state index contributed by atoms with van der Waals surface area (Å²) in [6, 6.07) is 0.564. The topological polar surface area (TPSA) is 24.5 Å². The van der Waals surface area contributed by atoms with Gasteiger partial charge in [-0.1, -0.05) is 13.8 Å². The Kier molecular flexibility index (Phi) is 4.35. The summed E-state index contributed by atoms with van der Waals surface area (Å²) in [5.41, 5.74) is 0.722. The maximum atomic E-state index is 5.70. The molecule has 0 aromatic heterocycles. The van der Waals surface area contributed by atoms with Crippen LogP contribution in [0.4, 0.5) is 0 Å². The van der Waals surface area contributed by atoms with Gasteiger partial charge in [-0.15, -0.1) is 0 Å². The smallest absolute Gasteiger partial charge is 0.0547 e. The summed E-state index contributed by atoms with van der Waals surface area (Å²) in [6.45, 7) is 14.6. The van der Waals surface area contributed by atoms with Crippen molar-refractivity contribution in [1.82, 2.24) is 10.2 Å². The highest BCUT2D eigenvalue weighted by molar-refractivity contribution is 4.95. The number of nitrogens with zero attached hydrogens (tertiary/aromatic N) is 1. The lowest BCUT2D eigenvalue weighted by molar-refractivity contribution is 0.0751. The molecule has 0 aliphatic carbocycles. The molecular weight excluding hydrogens is 224 g/mol. The summed E-state index contributed by atoms with van der Waals surface area (Å²) in [7, 11) is 0. The van der Waals surface area contributed by atoms with Crippen LogP contribution in [0.1, 0.15) is 47.0 Å². The Balaban J connectivity index is 1.97. The van der Waals surface area contributed by atoms with Crippen molar-refractivity contribution in [3.63, 3.8) is 0 Å². The lowest BCUT2D eigenvalue weighted by Crippen LogP contribution is -2.50. The van der Waals surface area contributed by atoms with Gasteiger partial charge in [0.25, 0.3) is 0 Å². The van der Waals surface area contributed by atoms with Crippen molar-refractivity contribution < 1.29 is 4.74 Å². The maximum absolute atomic E-state index is 5.70. The molecule has 2 aliphatic heterocycles. The highest BCUT2D eigenvalue weighted by Gasteiger charge is 2.41. The molecule has 0 radical (unpaired) electrons. The van der Waals surface area contributed by atoms with Gasteiger partial charge in [0.05, 0.1) is 6.61 Å². The van der Waals surface area contributed by atoms with Crippen molar-refractivity contribution in [3.8, 4) is 0 Å². The van der Waals surface area contributed by atoms with Crippen LogP contribution in [-0.4, -0.2) is 49.3 Å². The molecule has 0 saturated carbocycles. The summed E-state index contributed by atoms with van der Waals surface area (Å²) in [5.74, 6) is 0. The highest BCUT2D eigenvalue weighted by Crippen LogP contribution is 2.35. The molecule has 0 bridgehead atoms. The maximum Gasteiger partial charge on any atom is 0.0547 e. The molecule has 2 fully saturated rings. The van der Waals surface area contributed by atoms with E-state index >= 15 is 0 Å². The van der Waals surface area contributed by atoms with Crippen LogP contribution in [0.2, 0.25) is 0 Å². The van der Waals surface area contributed by atoms with E-state index in [-0.39, 0.29) is 0 Å². The van der Waals surface area contributed by atoms with Crippen LogP contribution >= 0.6 is 0 Å². The number of rotatable bonds is 5. The molecule has 1 N–H and O–H groups in total. The van der Waals surface area contributed by atoms with E-state index in [4.69, 9.17) is 4.74 Å². The van der Waals surface area contributed by atoms with Crippen molar-refractivity contribution >= 4 is 0 Å². The Hall–Kier alpha value is -0.120. The number of ether oxygens (including phenoxy) is 1. The zero-order chi connectivity index (χ0) is 13.2. The van der Waals surface area contributed by atoms with Gasteiger partial charge in [-0.25, -0.2) is 0 Å². The second-order valence-corrected chi connectivity index (χ2v) is 7.18. The first kappa shape index (κ1) is 14.3. The normalized spacial score (nSPS) is 32.5. The van der Waals surface area contributed by atoms with E-state index in [9.17, 15) is 0 Å². The lowest BCUT2D eigenvalue weighted by Gasteiger charge is -2.39. The van der Waals surface area contributed by atoms with Gasteiger partial charge in [-0.05, 0) is 39.7 Å². The van der Waals surface area contributed by atoms with Crippen molar-refractivity contribution in [3.05, 3.63) is 0 Å². The summed E-state index contributed by atoms with van der Waals surface area (Å²) in [5, 5.41) is 3.62. The standard InChI is InChI=1S/C15H30N2O/c1-13(2)16-10-15(7-9-18-12-15)11-17-8-5-6-14(17,3)4/h13,16H,5-12H2,1-4H3. The molecule has 0 amide bonds. The molecule has 2 rings (SSSR count). The van der Waals surface area contributed by atoms with Crippen molar-refractivity contribution in [1.29, 1.82) is 0 Å². The summed E-state index contributed by atoms with van der Waals surface area (Å²) >= 11 is 0. The second kappa shape index (κ2) is 5.48. The quantitative estimate of drug-likeness (QED) is 0.814. The largest absolute Gasteiger partial charge is 0.381 e. The van der Waals surface area contributed by atoms with Crippen LogP contribution in [0.5, 0.6) is 0 Å². The predicted molar refractivity (Wildman–Crippen MR) is 75.9 cm³/mol. The third-order valence-corrected chi connectivity index (χ3v) is 4.67. The van der Waals surface area contributed by atoms with Crippen LogP contribution in [0.25, 0.3) is 0 Å². The zero-order valence-corrected chi connectivity index (χ0v) is 12.6. The minimum atomic E-state index is 0.339. The van der Waals surface area contributed by atoms with Gasteiger partial charge in [0, 0.05) is 36.7 Å². The molecule has 1 unspecified atom stereocenters. The average molecular weight is 254 g/mol. The molecule has 18 heavy (non-hydrogen) atoms.